The smallest absolute Gasteiger partial charge is 0.269 e. The van der Waals surface area contributed by atoms with E-state index in [9.17, 15) is 9.59 Å². The third-order valence-electron chi connectivity index (χ3n) is 5.31. The fraction of sp³-hybridized carbons (Fsp3) is 0.400. The standard InChI is InChI=1S/C20H25N7O2/c1-3-14-11-27-13-15(23-20(27)24-18(14)28)12-25-6-8-26(9-7-25)16-4-5-17(22-10-16)19(29)21-2/h4-5,10-11,13H,3,6-9,12H2,1-2H3,(H,21,29)(H,23,24,28). The van der Waals surface area contributed by atoms with Gasteiger partial charge in [0.25, 0.3) is 11.5 Å². The molecule has 3 aromatic rings. The molecule has 4 rings (SSSR count). The van der Waals surface area contributed by atoms with Gasteiger partial charge in [-0.2, -0.15) is 0 Å². The zero-order valence-corrected chi connectivity index (χ0v) is 16.7. The molecular formula is C20H25N7O2. The molecule has 0 aliphatic carbocycles. The number of amides is 1. The number of nitrogens with zero attached hydrogens (tertiary/aromatic N) is 5. The molecule has 0 radical (unpaired) electrons. The van der Waals surface area contributed by atoms with Gasteiger partial charge < -0.3 is 10.2 Å². The van der Waals surface area contributed by atoms with E-state index in [4.69, 9.17) is 0 Å². The van der Waals surface area contributed by atoms with Crippen LogP contribution in [-0.2, 0) is 13.0 Å². The van der Waals surface area contributed by atoms with Gasteiger partial charge in [-0.15, -0.1) is 0 Å². The van der Waals surface area contributed by atoms with Crippen LogP contribution in [0.5, 0.6) is 0 Å². The number of piperazine rings is 1. The number of carbonyl (C=O) groups is 1. The number of H-pyrrole nitrogens is 1. The summed E-state index contributed by atoms with van der Waals surface area (Å²) in [5.74, 6) is 0.407. The lowest BCUT2D eigenvalue weighted by molar-refractivity contribution is 0.0958. The van der Waals surface area contributed by atoms with Crippen LogP contribution in [-0.4, -0.2) is 63.4 Å². The molecule has 9 nitrogen and oxygen atoms in total. The van der Waals surface area contributed by atoms with Crippen LogP contribution in [0.1, 0.15) is 28.7 Å². The van der Waals surface area contributed by atoms with Crippen molar-refractivity contribution in [3.63, 3.8) is 0 Å². The first-order valence-corrected chi connectivity index (χ1v) is 9.82. The number of anilines is 1. The number of fused-ring (bicyclic) bond motifs is 1. The van der Waals surface area contributed by atoms with Crippen molar-refractivity contribution in [1.29, 1.82) is 0 Å². The van der Waals surface area contributed by atoms with Crippen molar-refractivity contribution in [2.24, 2.45) is 0 Å². The van der Waals surface area contributed by atoms with E-state index < -0.39 is 0 Å². The molecule has 2 N–H and O–H groups in total. The summed E-state index contributed by atoms with van der Waals surface area (Å²) >= 11 is 0. The largest absolute Gasteiger partial charge is 0.368 e. The Morgan fingerprint density at radius 1 is 1.21 bits per heavy atom. The van der Waals surface area contributed by atoms with Gasteiger partial charge in [0.15, 0.2) is 0 Å². The molecule has 1 saturated heterocycles. The van der Waals surface area contributed by atoms with Crippen LogP contribution in [0.3, 0.4) is 0 Å². The maximum absolute atomic E-state index is 12.0. The monoisotopic (exact) mass is 395 g/mol. The number of pyridine rings is 1. The number of nitrogens with one attached hydrogen (secondary N) is 2. The molecule has 1 aliphatic rings. The fourth-order valence-electron chi connectivity index (χ4n) is 3.60. The first kappa shape index (κ1) is 19.1. The molecule has 0 aromatic carbocycles. The Bertz CT molecular complexity index is 1060. The second kappa shape index (κ2) is 8.04. The number of aromatic nitrogens is 4. The fourth-order valence-corrected chi connectivity index (χ4v) is 3.60. The lowest BCUT2D eigenvalue weighted by atomic mass is 10.2. The zero-order chi connectivity index (χ0) is 20.4. The van der Waals surface area contributed by atoms with Crippen molar-refractivity contribution >= 4 is 17.4 Å². The Kier molecular flexibility index (Phi) is 5.30. The lowest BCUT2D eigenvalue weighted by Gasteiger charge is -2.35. The average Bonchev–Trinajstić information content (AvgIpc) is 3.14. The lowest BCUT2D eigenvalue weighted by Crippen LogP contribution is -2.46. The van der Waals surface area contributed by atoms with Gasteiger partial charge in [-0.1, -0.05) is 6.92 Å². The molecule has 0 bridgehead atoms. The molecule has 1 aliphatic heterocycles. The van der Waals surface area contributed by atoms with E-state index in [1.165, 1.54) is 0 Å². The summed E-state index contributed by atoms with van der Waals surface area (Å²) in [5, 5.41) is 2.58. The molecule has 0 saturated carbocycles. The maximum atomic E-state index is 12.0. The SMILES string of the molecule is CCc1cn2cc(CN3CCN(c4ccc(C(=O)NC)nc4)CC3)nc2[nH]c1=O. The summed E-state index contributed by atoms with van der Waals surface area (Å²) in [6.45, 7) is 6.28. The third kappa shape index (κ3) is 4.00. The van der Waals surface area contributed by atoms with Crippen molar-refractivity contribution in [1.82, 2.24) is 29.6 Å². The van der Waals surface area contributed by atoms with Crippen LogP contribution in [0.4, 0.5) is 5.69 Å². The number of aryl methyl sites for hydroxylation is 1. The average molecular weight is 395 g/mol. The van der Waals surface area contributed by atoms with Gasteiger partial charge in [0.2, 0.25) is 5.78 Å². The highest BCUT2D eigenvalue weighted by Crippen LogP contribution is 2.17. The Hall–Kier alpha value is -3.20. The van der Waals surface area contributed by atoms with Crippen LogP contribution < -0.4 is 15.8 Å². The van der Waals surface area contributed by atoms with Crippen LogP contribution >= 0.6 is 0 Å². The highest BCUT2D eigenvalue weighted by Gasteiger charge is 2.19. The second-order valence-corrected chi connectivity index (χ2v) is 7.17. The third-order valence-corrected chi connectivity index (χ3v) is 5.31. The number of carbonyl (C=O) groups excluding carboxylic acids is 1. The molecule has 9 heteroatoms. The van der Waals surface area contributed by atoms with Gasteiger partial charge in [0.05, 0.1) is 17.6 Å². The summed E-state index contributed by atoms with van der Waals surface area (Å²) in [6, 6.07) is 3.69. The Morgan fingerprint density at radius 2 is 2.00 bits per heavy atom. The van der Waals surface area contributed by atoms with Crippen LogP contribution in [0.25, 0.3) is 5.78 Å². The number of hydrogen-bond donors (Lipinski definition) is 2. The Morgan fingerprint density at radius 3 is 2.66 bits per heavy atom. The van der Waals surface area contributed by atoms with Crippen molar-refractivity contribution in [3.8, 4) is 0 Å². The van der Waals surface area contributed by atoms with E-state index in [2.05, 4.69) is 30.1 Å². The summed E-state index contributed by atoms with van der Waals surface area (Å²) in [5.41, 5.74) is 3.08. The van der Waals surface area contributed by atoms with Crippen molar-refractivity contribution in [3.05, 3.63) is 58.0 Å². The second-order valence-electron chi connectivity index (χ2n) is 7.17. The maximum Gasteiger partial charge on any atom is 0.269 e. The molecule has 0 atom stereocenters. The highest BCUT2D eigenvalue weighted by atomic mass is 16.1. The normalized spacial score (nSPS) is 15.0. The predicted octanol–water partition coefficient (Wildman–Crippen LogP) is 0.662. The van der Waals surface area contributed by atoms with Crippen molar-refractivity contribution < 1.29 is 4.79 Å². The first-order chi connectivity index (χ1) is 14.1. The van der Waals surface area contributed by atoms with Crippen molar-refractivity contribution in [2.45, 2.75) is 19.9 Å². The minimum Gasteiger partial charge on any atom is -0.368 e. The molecule has 3 aromatic heterocycles. The van der Waals surface area contributed by atoms with Gasteiger partial charge in [-0.25, -0.2) is 9.97 Å². The number of aromatic amines is 1. The van der Waals surface area contributed by atoms with Gasteiger partial charge >= 0.3 is 0 Å². The summed E-state index contributed by atoms with van der Waals surface area (Å²) < 4.78 is 1.89. The topological polar surface area (TPSA) is 98.6 Å². The Balaban J connectivity index is 1.38. The minimum atomic E-state index is -0.179. The van der Waals surface area contributed by atoms with Gasteiger partial charge in [0, 0.05) is 57.7 Å². The molecule has 1 fully saturated rings. The number of rotatable bonds is 5. The predicted molar refractivity (Wildman–Crippen MR) is 110 cm³/mol. The van der Waals surface area contributed by atoms with Crippen LogP contribution in [0, 0.1) is 0 Å². The summed E-state index contributed by atoms with van der Waals surface area (Å²) in [6.07, 6.45) is 6.29. The van der Waals surface area contributed by atoms with Crippen LogP contribution in [0.15, 0.2) is 35.5 Å². The zero-order valence-electron chi connectivity index (χ0n) is 16.7. The molecular weight excluding hydrogens is 370 g/mol. The Labute approximate surface area is 168 Å². The van der Waals surface area contributed by atoms with E-state index in [1.54, 1.807) is 19.3 Å². The summed E-state index contributed by atoms with van der Waals surface area (Å²) in [7, 11) is 1.60. The first-order valence-electron chi connectivity index (χ1n) is 9.82. The van der Waals surface area contributed by atoms with Gasteiger partial charge in [0.1, 0.15) is 5.69 Å². The van der Waals surface area contributed by atoms with E-state index in [0.29, 0.717) is 17.9 Å². The van der Waals surface area contributed by atoms with E-state index in [0.717, 1.165) is 49.7 Å². The highest BCUT2D eigenvalue weighted by molar-refractivity contribution is 5.92. The molecule has 0 unspecified atom stereocenters. The molecule has 152 valence electrons. The minimum absolute atomic E-state index is 0.0678. The molecule has 1 amide bonds. The van der Waals surface area contributed by atoms with Gasteiger partial charge in [-0.05, 0) is 18.6 Å². The molecule has 29 heavy (non-hydrogen) atoms. The number of imidazole rings is 1. The van der Waals surface area contributed by atoms with Crippen molar-refractivity contribution in [2.75, 3.05) is 38.1 Å². The molecule has 4 heterocycles. The summed E-state index contributed by atoms with van der Waals surface area (Å²) in [4.78, 5) is 39.8. The quantitative estimate of drug-likeness (QED) is 0.659. The van der Waals surface area contributed by atoms with Crippen LogP contribution in [0.2, 0.25) is 0 Å². The van der Waals surface area contributed by atoms with Gasteiger partial charge in [-0.3, -0.25) is 23.9 Å². The van der Waals surface area contributed by atoms with E-state index in [1.807, 2.05) is 29.8 Å². The molecule has 0 spiro atoms. The van der Waals surface area contributed by atoms with E-state index in [-0.39, 0.29) is 11.5 Å². The number of hydrogen-bond acceptors (Lipinski definition) is 6. The van der Waals surface area contributed by atoms with E-state index >= 15 is 0 Å².